The number of thiophene rings is 1. The molecule has 0 radical (unpaired) electrons. The SMILES string of the molecule is CC(c1cccs1)N(C)c1ccc(C(F)(F)F)cc1N. The van der Waals surface area contributed by atoms with E-state index in [4.69, 9.17) is 5.73 Å². The minimum Gasteiger partial charge on any atom is -0.397 e. The van der Waals surface area contributed by atoms with Crippen LogP contribution in [-0.2, 0) is 6.18 Å². The van der Waals surface area contributed by atoms with Crippen molar-refractivity contribution in [3.8, 4) is 0 Å². The Hall–Kier alpha value is -1.69. The number of nitrogens with two attached hydrogens (primary N) is 1. The summed E-state index contributed by atoms with van der Waals surface area (Å²) in [6.45, 7) is 1.99. The third kappa shape index (κ3) is 2.90. The fourth-order valence-corrected chi connectivity index (χ4v) is 2.81. The molecule has 6 heteroatoms. The Labute approximate surface area is 119 Å². The smallest absolute Gasteiger partial charge is 0.397 e. The van der Waals surface area contributed by atoms with E-state index in [0.717, 1.165) is 17.0 Å². The normalized spacial score (nSPS) is 13.2. The van der Waals surface area contributed by atoms with Crippen LogP contribution in [0, 0.1) is 0 Å². The molecule has 20 heavy (non-hydrogen) atoms. The van der Waals surface area contributed by atoms with Crippen molar-refractivity contribution in [1.29, 1.82) is 0 Å². The van der Waals surface area contributed by atoms with Crippen LogP contribution in [-0.4, -0.2) is 7.05 Å². The van der Waals surface area contributed by atoms with Gasteiger partial charge < -0.3 is 10.6 Å². The molecule has 0 bridgehead atoms. The first-order valence-electron chi connectivity index (χ1n) is 6.03. The molecule has 0 aliphatic heterocycles. The number of benzene rings is 1. The molecule has 2 rings (SSSR count). The second kappa shape index (κ2) is 5.36. The molecule has 0 spiro atoms. The zero-order valence-electron chi connectivity index (χ0n) is 11.1. The Morgan fingerprint density at radius 1 is 1.25 bits per heavy atom. The second-order valence-electron chi connectivity index (χ2n) is 4.57. The van der Waals surface area contributed by atoms with Crippen LogP contribution in [0.5, 0.6) is 0 Å². The van der Waals surface area contributed by atoms with Crippen molar-refractivity contribution in [2.45, 2.75) is 19.1 Å². The molecule has 0 fully saturated rings. The van der Waals surface area contributed by atoms with Gasteiger partial charge in [0.2, 0.25) is 0 Å². The van der Waals surface area contributed by atoms with Crippen LogP contribution < -0.4 is 10.6 Å². The molecular formula is C14H15F3N2S. The van der Waals surface area contributed by atoms with Gasteiger partial charge in [0.25, 0.3) is 0 Å². The third-order valence-electron chi connectivity index (χ3n) is 3.27. The number of nitrogens with zero attached hydrogens (tertiary/aromatic N) is 1. The van der Waals surface area contributed by atoms with E-state index in [9.17, 15) is 13.2 Å². The Kier molecular flexibility index (Phi) is 3.94. The Bertz CT molecular complexity index is 579. The summed E-state index contributed by atoms with van der Waals surface area (Å²) in [7, 11) is 1.82. The average Bonchev–Trinajstić information content (AvgIpc) is 2.89. The predicted octanol–water partition coefficient (Wildman–Crippen LogP) is 4.55. The summed E-state index contributed by atoms with van der Waals surface area (Å²) in [6, 6.07) is 7.44. The van der Waals surface area contributed by atoms with Crippen LogP contribution in [0.4, 0.5) is 24.5 Å². The molecule has 0 aliphatic carbocycles. The molecular weight excluding hydrogens is 285 g/mol. The van der Waals surface area contributed by atoms with Crippen molar-refractivity contribution in [2.24, 2.45) is 0 Å². The van der Waals surface area contributed by atoms with Crippen molar-refractivity contribution in [2.75, 3.05) is 17.7 Å². The van der Waals surface area contributed by atoms with Gasteiger partial charge in [-0.3, -0.25) is 0 Å². The van der Waals surface area contributed by atoms with E-state index in [0.29, 0.717) is 5.69 Å². The number of halogens is 3. The number of hydrogen-bond acceptors (Lipinski definition) is 3. The fraction of sp³-hybridized carbons (Fsp3) is 0.286. The van der Waals surface area contributed by atoms with Crippen molar-refractivity contribution in [1.82, 2.24) is 0 Å². The summed E-state index contributed by atoms with van der Waals surface area (Å²) >= 11 is 1.60. The van der Waals surface area contributed by atoms with Crippen LogP contribution in [0.15, 0.2) is 35.7 Å². The first-order chi connectivity index (χ1) is 9.30. The van der Waals surface area contributed by atoms with Crippen LogP contribution in [0.1, 0.15) is 23.4 Å². The summed E-state index contributed by atoms with van der Waals surface area (Å²) in [5, 5.41) is 1.97. The summed E-state index contributed by atoms with van der Waals surface area (Å²) in [6.07, 6.45) is -4.37. The van der Waals surface area contributed by atoms with Crippen LogP contribution in [0.3, 0.4) is 0 Å². The Morgan fingerprint density at radius 2 is 1.95 bits per heavy atom. The largest absolute Gasteiger partial charge is 0.416 e. The molecule has 0 aliphatic rings. The molecule has 1 unspecified atom stereocenters. The average molecular weight is 300 g/mol. The van der Waals surface area contributed by atoms with Crippen molar-refractivity contribution in [3.63, 3.8) is 0 Å². The van der Waals surface area contributed by atoms with Gasteiger partial charge in [0.05, 0.1) is 23.0 Å². The highest BCUT2D eigenvalue weighted by Gasteiger charge is 2.31. The maximum Gasteiger partial charge on any atom is 0.416 e. The van der Waals surface area contributed by atoms with Gasteiger partial charge in [-0.15, -0.1) is 11.3 Å². The van der Waals surface area contributed by atoms with Crippen molar-refractivity contribution >= 4 is 22.7 Å². The minimum absolute atomic E-state index is 0.0500. The van der Waals surface area contributed by atoms with E-state index in [2.05, 4.69) is 0 Å². The van der Waals surface area contributed by atoms with Crippen molar-refractivity contribution in [3.05, 3.63) is 46.2 Å². The maximum atomic E-state index is 12.6. The molecule has 0 saturated heterocycles. The highest BCUT2D eigenvalue weighted by molar-refractivity contribution is 7.10. The lowest BCUT2D eigenvalue weighted by atomic mass is 10.1. The van der Waals surface area contributed by atoms with Crippen molar-refractivity contribution < 1.29 is 13.2 Å². The predicted molar refractivity (Wildman–Crippen MR) is 77.0 cm³/mol. The van der Waals surface area contributed by atoms with E-state index in [-0.39, 0.29) is 11.7 Å². The van der Waals surface area contributed by atoms with E-state index < -0.39 is 11.7 Å². The summed E-state index contributed by atoms with van der Waals surface area (Å²) in [5.41, 5.74) is 5.77. The molecule has 1 atom stereocenters. The highest BCUT2D eigenvalue weighted by Crippen LogP contribution is 2.36. The number of nitrogen functional groups attached to an aromatic ring is 1. The van der Waals surface area contributed by atoms with E-state index in [1.807, 2.05) is 36.4 Å². The second-order valence-corrected chi connectivity index (χ2v) is 5.55. The molecule has 1 heterocycles. The van der Waals surface area contributed by atoms with Gasteiger partial charge in [-0.2, -0.15) is 13.2 Å². The number of rotatable bonds is 3. The molecule has 1 aromatic heterocycles. The van der Waals surface area contributed by atoms with Gasteiger partial charge in [0, 0.05) is 11.9 Å². The summed E-state index contributed by atoms with van der Waals surface area (Å²) in [5.74, 6) is 0. The molecule has 0 amide bonds. The number of alkyl halides is 3. The van der Waals surface area contributed by atoms with Gasteiger partial charge in [0.1, 0.15) is 0 Å². The highest BCUT2D eigenvalue weighted by atomic mass is 32.1. The van der Waals surface area contributed by atoms with Gasteiger partial charge in [-0.25, -0.2) is 0 Å². The third-order valence-corrected chi connectivity index (χ3v) is 4.31. The molecule has 1 aromatic carbocycles. The maximum absolute atomic E-state index is 12.6. The van der Waals surface area contributed by atoms with Gasteiger partial charge in [0.15, 0.2) is 0 Å². The zero-order valence-corrected chi connectivity index (χ0v) is 11.9. The monoisotopic (exact) mass is 300 g/mol. The van der Waals surface area contributed by atoms with Gasteiger partial charge >= 0.3 is 6.18 Å². The minimum atomic E-state index is -4.37. The Balaban J connectivity index is 2.29. The number of anilines is 2. The molecule has 2 aromatic rings. The van der Waals surface area contributed by atoms with Gasteiger partial charge in [-0.05, 0) is 36.6 Å². The summed E-state index contributed by atoms with van der Waals surface area (Å²) in [4.78, 5) is 3.01. The fourth-order valence-electron chi connectivity index (χ4n) is 1.98. The Morgan fingerprint density at radius 3 is 2.45 bits per heavy atom. The molecule has 2 N–H and O–H groups in total. The quantitative estimate of drug-likeness (QED) is 0.843. The topological polar surface area (TPSA) is 29.3 Å². The zero-order chi connectivity index (χ0) is 14.9. The standard InChI is InChI=1S/C14H15F3N2S/c1-9(13-4-3-7-20-13)19(2)12-6-5-10(8-11(12)18)14(15,16)17/h3-9H,18H2,1-2H3. The van der Waals surface area contributed by atoms with E-state index in [1.165, 1.54) is 6.07 Å². The first kappa shape index (κ1) is 14.7. The summed E-state index contributed by atoms with van der Waals surface area (Å²) < 4.78 is 37.8. The molecule has 0 saturated carbocycles. The molecule has 2 nitrogen and oxygen atoms in total. The lowest BCUT2D eigenvalue weighted by Crippen LogP contribution is -2.22. The van der Waals surface area contributed by atoms with Crippen LogP contribution in [0.25, 0.3) is 0 Å². The first-order valence-corrected chi connectivity index (χ1v) is 6.91. The van der Waals surface area contributed by atoms with Crippen LogP contribution >= 0.6 is 11.3 Å². The van der Waals surface area contributed by atoms with Crippen LogP contribution in [0.2, 0.25) is 0 Å². The lowest BCUT2D eigenvalue weighted by Gasteiger charge is -2.28. The number of hydrogen-bond donors (Lipinski definition) is 1. The van der Waals surface area contributed by atoms with E-state index in [1.54, 1.807) is 11.3 Å². The lowest BCUT2D eigenvalue weighted by molar-refractivity contribution is -0.137. The van der Waals surface area contributed by atoms with Gasteiger partial charge in [-0.1, -0.05) is 6.07 Å². The molecule has 108 valence electrons. The van der Waals surface area contributed by atoms with E-state index >= 15 is 0 Å².